The van der Waals surface area contributed by atoms with Crippen molar-refractivity contribution in [1.82, 2.24) is 20.4 Å². The Labute approximate surface area is 103 Å². The van der Waals surface area contributed by atoms with Gasteiger partial charge in [0.05, 0.1) is 18.7 Å². The van der Waals surface area contributed by atoms with Crippen molar-refractivity contribution < 1.29 is 19.8 Å². The number of aromatic nitrogens is 2. The smallest absolute Gasteiger partial charge is 0.317 e. The number of amides is 1. The van der Waals surface area contributed by atoms with E-state index >= 15 is 0 Å². The van der Waals surface area contributed by atoms with E-state index in [1.54, 1.807) is 4.90 Å². The maximum atomic E-state index is 11.7. The summed E-state index contributed by atoms with van der Waals surface area (Å²) in [5, 5.41) is 27.2. The van der Waals surface area contributed by atoms with Crippen LogP contribution < -0.4 is 5.32 Å². The highest BCUT2D eigenvalue weighted by atomic mass is 16.4. The summed E-state index contributed by atoms with van der Waals surface area (Å²) in [4.78, 5) is 23.8. The van der Waals surface area contributed by atoms with Gasteiger partial charge in [-0.1, -0.05) is 0 Å². The predicted octanol–water partition coefficient (Wildman–Crippen LogP) is -1.73. The molecule has 2 atom stereocenters. The largest absolute Gasteiger partial charge is 0.480 e. The number of aromatic amines is 1. The molecule has 1 saturated heterocycles. The van der Waals surface area contributed by atoms with Gasteiger partial charge in [0.1, 0.15) is 5.69 Å². The molecule has 18 heavy (non-hydrogen) atoms. The maximum absolute atomic E-state index is 11.7. The van der Waals surface area contributed by atoms with Gasteiger partial charge in [0.25, 0.3) is 5.91 Å². The number of carbonyl (C=O) groups is 2. The van der Waals surface area contributed by atoms with Crippen LogP contribution >= 0.6 is 0 Å². The fourth-order valence-electron chi connectivity index (χ4n) is 1.96. The highest BCUT2D eigenvalue weighted by Crippen LogP contribution is 2.10. The molecule has 4 N–H and O–H groups in total. The van der Waals surface area contributed by atoms with E-state index in [0.717, 1.165) is 0 Å². The zero-order valence-corrected chi connectivity index (χ0v) is 9.54. The van der Waals surface area contributed by atoms with Crippen molar-refractivity contribution in [3.05, 3.63) is 18.0 Å². The number of likely N-dealkylation sites (tertiary alicyclic amines) is 1. The van der Waals surface area contributed by atoms with Gasteiger partial charge in [-0.2, -0.15) is 5.10 Å². The van der Waals surface area contributed by atoms with Crippen LogP contribution in [-0.4, -0.2) is 69.0 Å². The molecule has 1 amide bonds. The summed E-state index contributed by atoms with van der Waals surface area (Å²) < 4.78 is 0. The lowest BCUT2D eigenvalue weighted by atomic mass is 10.2. The van der Waals surface area contributed by atoms with Crippen LogP contribution in [0.15, 0.2) is 12.3 Å². The predicted molar refractivity (Wildman–Crippen MR) is 59.9 cm³/mol. The first kappa shape index (κ1) is 12.5. The minimum absolute atomic E-state index is 0.145. The molecule has 8 heteroatoms. The van der Waals surface area contributed by atoms with E-state index in [-0.39, 0.29) is 19.0 Å². The maximum Gasteiger partial charge on any atom is 0.317 e. The lowest BCUT2D eigenvalue weighted by Crippen LogP contribution is -2.43. The summed E-state index contributed by atoms with van der Waals surface area (Å²) in [6.45, 7) is 0.404. The number of nitrogens with zero attached hydrogens (tertiary/aromatic N) is 2. The second-order valence-electron chi connectivity index (χ2n) is 4.21. The second-order valence-corrected chi connectivity index (χ2v) is 4.21. The van der Waals surface area contributed by atoms with Gasteiger partial charge in [0.2, 0.25) is 0 Å². The number of carbonyl (C=O) groups excluding carboxylic acids is 1. The summed E-state index contributed by atoms with van der Waals surface area (Å²) in [5.74, 6) is -1.32. The average molecular weight is 254 g/mol. The quantitative estimate of drug-likeness (QED) is 0.507. The first-order chi connectivity index (χ1) is 8.56. The van der Waals surface area contributed by atoms with E-state index in [0.29, 0.717) is 12.2 Å². The molecular weight excluding hydrogens is 240 g/mol. The molecule has 0 saturated carbocycles. The highest BCUT2D eigenvalue weighted by Gasteiger charge is 2.33. The third-order valence-corrected chi connectivity index (χ3v) is 2.79. The van der Waals surface area contributed by atoms with Crippen LogP contribution in [0.2, 0.25) is 0 Å². The van der Waals surface area contributed by atoms with Crippen LogP contribution in [0.5, 0.6) is 0 Å². The molecule has 98 valence electrons. The summed E-state index contributed by atoms with van der Waals surface area (Å²) >= 11 is 0. The van der Waals surface area contributed by atoms with Crippen molar-refractivity contribution >= 4 is 11.9 Å². The number of rotatable bonds is 4. The van der Waals surface area contributed by atoms with E-state index in [1.165, 1.54) is 12.3 Å². The van der Waals surface area contributed by atoms with Crippen molar-refractivity contribution in [1.29, 1.82) is 0 Å². The Balaban J connectivity index is 1.90. The summed E-state index contributed by atoms with van der Waals surface area (Å²) in [5.41, 5.74) is 0.305. The first-order valence-electron chi connectivity index (χ1n) is 5.48. The molecule has 0 spiro atoms. The number of carboxylic acid groups (broad SMARTS) is 1. The topological polar surface area (TPSA) is 119 Å². The standard InChI is InChI=1S/C10H14N4O4/c15-8-4-14(5-9(16)17)3-7(8)12-10(18)6-1-2-11-13-6/h1-2,7-8,15H,3-5H2,(H,11,13)(H,12,18)(H,16,17)/t7-,8-/m1/s1. The average Bonchev–Trinajstić information content (AvgIpc) is 2.88. The highest BCUT2D eigenvalue weighted by molar-refractivity contribution is 5.92. The monoisotopic (exact) mass is 254 g/mol. The zero-order valence-electron chi connectivity index (χ0n) is 9.54. The molecule has 0 aromatic carbocycles. The van der Waals surface area contributed by atoms with Crippen LogP contribution in [0.25, 0.3) is 0 Å². The minimum Gasteiger partial charge on any atom is -0.480 e. The Morgan fingerprint density at radius 3 is 2.94 bits per heavy atom. The number of carboxylic acids is 1. The number of H-pyrrole nitrogens is 1. The first-order valence-corrected chi connectivity index (χ1v) is 5.48. The Kier molecular flexibility index (Phi) is 3.58. The Morgan fingerprint density at radius 2 is 2.33 bits per heavy atom. The SMILES string of the molecule is O=C(O)CN1C[C@@H](O)[C@H](NC(=O)c2ccn[nH]2)C1. The van der Waals surface area contributed by atoms with Crippen LogP contribution in [0, 0.1) is 0 Å². The molecule has 2 rings (SSSR count). The Morgan fingerprint density at radius 1 is 1.56 bits per heavy atom. The van der Waals surface area contributed by atoms with Gasteiger partial charge in [-0.3, -0.25) is 19.6 Å². The van der Waals surface area contributed by atoms with Gasteiger partial charge < -0.3 is 15.5 Å². The van der Waals surface area contributed by atoms with Crippen LogP contribution in [0.4, 0.5) is 0 Å². The normalized spacial score (nSPS) is 24.1. The van der Waals surface area contributed by atoms with E-state index in [1.807, 2.05) is 0 Å². The molecule has 0 bridgehead atoms. The van der Waals surface area contributed by atoms with Gasteiger partial charge in [-0.05, 0) is 6.07 Å². The van der Waals surface area contributed by atoms with Crippen LogP contribution in [0.3, 0.4) is 0 Å². The molecule has 0 radical (unpaired) electrons. The summed E-state index contributed by atoms with van der Waals surface area (Å²) in [6.07, 6.45) is 0.688. The zero-order chi connectivity index (χ0) is 13.1. The number of aliphatic carboxylic acids is 1. The summed E-state index contributed by atoms with van der Waals surface area (Å²) in [6, 6.07) is 1.05. The summed E-state index contributed by atoms with van der Waals surface area (Å²) in [7, 11) is 0. The number of hydrogen-bond donors (Lipinski definition) is 4. The van der Waals surface area contributed by atoms with Gasteiger partial charge in [-0.15, -0.1) is 0 Å². The van der Waals surface area contributed by atoms with Crippen LogP contribution in [-0.2, 0) is 4.79 Å². The Hall–Kier alpha value is -1.93. The lowest BCUT2D eigenvalue weighted by Gasteiger charge is -2.15. The molecule has 0 unspecified atom stereocenters. The number of aliphatic hydroxyl groups excluding tert-OH is 1. The number of hydrogen-bond acceptors (Lipinski definition) is 5. The van der Waals surface area contributed by atoms with Crippen molar-refractivity contribution in [2.45, 2.75) is 12.1 Å². The molecule has 1 aliphatic rings. The molecule has 1 aromatic heterocycles. The molecule has 1 aromatic rings. The van der Waals surface area contributed by atoms with Crippen molar-refractivity contribution in [2.24, 2.45) is 0 Å². The van der Waals surface area contributed by atoms with E-state index in [9.17, 15) is 14.7 Å². The number of β-amino-alcohol motifs (C(OH)–C–C–N with tert-alkyl or cyclic N) is 1. The van der Waals surface area contributed by atoms with E-state index in [2.05, 4.69) is 15.5 Å². The van der Waals surface area contributed by atoms with Gasteiger partial charge in [0.15, 0.2) is 0 Å². The Bertz CT molecular complexity index is 433. The number of nitrogens with one attached hydrogen (secondary N) is 2. The lowest BCUT2D eigenvalue weighted by molar-refractivity contribution is -0.138. The third-order valence-electron chi connectivity index (χ3n) is 2.79. The van der Waals surface area contributed by atoms with E-state index < -0.39 is 18.1 Å². The van der Waals surface area contributed by atoms with Crippen LogP contribution in [0.1, 0.15) is 10.5 Å². The molecular formula is C10H14N4O4. The molecule has 2 heterocycles. The van der Waals surface area contributed by atoms with E-state index in [4.69, 9.17) is 5.11 Å². The molecule has 1 aliphatic heterocycles. The van der Waals surface area contributed by atoms with Gasteiger partial charge in [-0.25, -0.2) is 0 Å². The van der Waals surface area contributed by atoms with Crippen molar-refractivity contribution in [2.75, 3.05) is 19.6 Å². The number of aliphatic hydroxyl groups is 1. The molecule has 0 aliphatic carbocycles. The molecule has 8 nitrogen and oxygen atoms in total. The molecule has 1 fully saturated rings. The van der Waals surface area contributed by atoms with Crippen molar-refractivity contribution in [3.63, 3.8) is 0 Å². The second kappa shape index (κ2) is 5.15. The minimum atomic E-state index is -0.956. The third kappa shape index (κ3) is 2.84. The fourth-order valence-corrected chi connectivity index (χ4v) is 1.96. The van der Waals surface area contributed by atoms with Crippen molar-refractivity contribution in [3.8, 4) is 0 Å². The van der Waals surface area contributed by atoms with Gasteiger partial charge >= 0.3 is 5.97 Å². The fraction of sp³-hybridized carbons (Fsp3) is 0.500. The van der Waals surface area contributed by atoms with Gasteiger partial charge in [0, 0.05) is 19.3 Å².